The highest BCUT2D eigenvalue weighted by Crippen LogP contribution is 2.65. The summed E-state index contributed by atoms with van der Waals surface area (Å²) in [7, 11) is -1.89. The molecule has 1 nitrogen and oxygen atoms in total. The Morgan fingerprint density at radius 1 is 1.17 bits per heavy atom. The maximum absolute atomic E-state index is 14.2. The molecular weight excluding hydrogens is 375 g/mol. The quantitative estimate of drug-likeness (QED) is 0.455. The number of hydrogen-bond donors (Lipinski definition) is 0. The van der Waals surface area contributed by atoms with Crippen LogP contribution < -0.4 is 4.43 Å². The second-order valence-electron chi connectivity index (χ2n) is 11.7. The first-order valence-corrected chi connectivity index (χ1v) is 14.5. The highest BCUT2D eigenvalue weighted by molar-refractivity contribution is 6.74. The lowest BCUT2D eigenvalue weighted by Crippen LogP contribution is -2.45. The maximum Gasteiger partial charge on any atom is 0.250 e. The standard InChI is InChI=1S/C26H39FOSi/c1-17(27)21-13-14-22-19-12-11-18-9-8-10-23(28-29(6,7)25(2,3)4)24(18)20(19)15-16-26(21,22)5/h8-10,19-22H,1,11-16H2,2-7H3/t19-,20+,21-,22+,26-/m1/s1. The third-order valence-corrected chi connectivity index (χ3v) is 13.6. The Balaban J connectivity index is 1.69. The van der Waals surface area contributed by atoms with Crippen molar-refractivity contribution in [3.63, 3.8) is 0 Å². The lowest BCUT2D eigenvalue weighted by molar-refractivity contribution is 0.0324. The predicted octanol–water partition coefficient (Wildman–Crippen LogP) is 8.03. The van der Waals surface area contributed by atoms with Crippen molar-refractivity contribution in [2.75, 3.05) is 0 Å². The molecule has 0 unspecified atom stereocenters. The lowest BCUT2D eigenvalue weighted by Gasteiger charge is -2.51. The second-order valence-corrected chi connectivity index (χ2v) is 16.5. The predicted molar refractivity (Wildman–Crippen MR) is 123 cm³/mol. The summed E-state index contributed by atoms with van der Waals surface area (Å²) in [6, 6.07) is 6.72. The van der Waals surface area contributed by atoms with Crippen LogP contribution in [0.3, 0.4) is 0 Å². The molecule has 2 fully saturated rings. The fraction of sp³-hybridized carbons (Fsp3) is 0.692. The van der Waals surface area contributed by atoms with Crippen LogP contribution in [0.25, 0.3) is 0 Å². The van der Waals surface area contributed by atoms with Crippen molar-refractivity contribution in [2.24, 2.45) is 23.2 Å². The largest absolute Gasteiger partial charge is 0.543 e. The Morgan fingerprint density at radius 3 is 2.55 bits per heavy atom. The Bertz CT molecular complexity index is 807. The van der Waals surface area contributed by atoms with E-state index in [9.17, 15) is 4.39 Å². The van der Waals surface area contributed by atoms with E-state index in [4.69, 9.17) is 4.43 Å². The Morgan fingerprint density at radius 2 is 1.90 bits per heavy atom. The molecule has 0 aromatic heterocycles. The van der Waals surface area contributed by atoms with Crippen LogP contribution in [0, 0.1) is 23.2 Å². The maximum atomic E-state index is 14.2. The van der Waals surface area contributed by atoms with Gasteiger partial charge in [-0.3, -0.25) is 0 Å². The van der Waals surface area contributed by atoms with Gasteiger partial charge in [0.25, 0.3) is 0 Å². The molecule has 0 saturated heterocycles. The highest BCUT2D eigenvalue weighted by atomic mass is 28.4. The van der Waals surface area contributed by atoms with Gasteiger partial charge >= 0.3 is 0 Å². The highest BCUT2D eigenvalue weighted by Gasteiger charge is 2.56. The molecule has 3 heteroatoms. The Kier molecular flexibility index (Phi) is 5.08. The number of aryl methyl sites for hydroxylation is 1. The molecule has 3 aliphatic rings. The zero-order valence-electron chi connectivity index (χ0n) is 19.3. The molecule has 0 heterocycles. The molecule has 0 bridgehead atoms. The second kappa shape index (κ2) is 6.97. The molecule has 4 rings (SSSR count). The van der Waals surface area contributed by atoms with Crippen LogP contribution in [0.15, 0.2) is 30.6 Å². The first-order valence-electron chi connectivity index (χ1n) is 11.6. The number of benzene rings is 1. The number of allylic oxidation sites excluding steroid dienone is 1. The monoisotopic (exact) mass is 414 g/mol. The number of halogens is 1. The zero-order chi connectivity index (χ0) is 21.2. The van der Waals surface area contributed by atoms with E-state index >= 15 is 0 Å². The minimum absolute atomic E-state index is 0.0635. The van der Waals surface area contributed by atoms with E-state index in [1.165, 1.54) is 17.5 Å². The molecule has 1 aromatic carbocycles. The molecule has 5 atom stereocenters. The van der Waals surface area contributed by atoms with Gasteiger partial charge in [0.2, 0.25) is 8.32 Å². The van der Waals surface area contributed by atoms with Crippen LogP contribution in [-0.2, 0) is 6.42 Å². The molecule has 0 spiro atoms. The molecule has 0 aliphatic heterocycles. The number of rotatable bonds is 3. The summed E-state index contributed by atoms with van der Waals surface area (Å²) in [6.45, 7) is 17.7. The van der Waals surface area contributed by atoms with Gasteiger partial charge in [0.05, 0.1) is 5.83 Å². The van der Waals surface area contributed by atoms with Crippen LogP contribution in [0.5, 0.6) is 5.75 Å². The lowest BCUT2D eigenvalue weighted by atomic mass is 9.54. The van der Waals surface area contributed by atoms with E-state index in [1.807, 2.05) is 0 Å². The summed E-state index contributed by atoms with van der Waals surface area (Å²) in [5, 5.41) is 0.190. The fourth-order valence-corrected chi connectivity index (χ4v) is 7.66. The van der Waals surface area contributed by atoms with Gasteiger partial charge in [-0.2, -0.15) is 0 Å². The van der Waals surface area contributed by atoms with Crippen LogP contribution in [0.2, 0.25) is 18.1 Å². The van der Waals surface area contributed by atoms with Gasteiger partial charge in [-0.1, -0.05) is 46.4 Å². The first kappa shape index (κ1) is 21.2. The van der Waals surface area contributed by atoms with E-state index < -0.39 is 8.32 Å². The average Bonchev–Trinajstić information content (AvgIpc) is 2.98. The van der Waals surface area contributed by atoms with E-state index in [0.29, 0.717) is 17.8 Å². The summed E-state index contributed by atoms with van der Waals surface area (Å²) < 4.78 is 21.1. The van der Waals surface area contributed by atoms with E-state index in [-0.39, 0.29) is 22.2 Å². The van der Waals surface area contributed by atoms with Crippen molar-refractivity contribution in [3.8, 4) is 5.75 Å². The molecule has 29 heavy (non-hydrogen) atoms. The van der Waals surface area contributed by atoms with Gasteiger partial charge in [-0.15, -0.1) is 0 Å². The van der Waals surface area contributed by atoms with Crippen LogP contribution in [-0.4, -0.2) is 8.32 Å². The zero-order valence-corrected chi connectivity index (χ0v) is 20.3. The van der Waals surface area contributed by atoms with Crippen molar-refractivity contribution in [1.29, 1.82) is 0 Å². The van der Waals surface area contributed by atoms with Crippen molar-refractivity contribution in [1.82, 2.24) is 0 Å². The minimum Gasteiger partial charge on any atom is -0.543 e. The third kappa shape index (κ3) is 3.32. The number of hydrogen-bond acceptors (Lipinski definition) is 1. The molecule has 0 radical (unpaired) electrons. The molecule has 160 valence electrons. The van der Waals surface area contributed by atoms with Crippen LogP contribution >= 0.6 is 0 Å². The number of fused-ring (bicyclic) bond motifs is 5. The van der Waals surface area contributed by atoms with Crippen molar-refractivity contribution >= 4 is 8.32 Å². The van der Waals surface area contributed by atoms with Crippen molar-refractivity contribution in [3.05, 3.63) is 41.7 Å². The summed E-state index contributed by atoms with van der Waals surface area (Å²) in [4.78, 5) is 0. The Hall–Kier alpha value is -1.09. The van der Waals surface area contributed by atoms with Gasteiger partial charge in [0.1, 0.15) is 5.75 Å². The van der Waals surface area contributed by atoms with Gasteiger partial charge in [-0.25, -0.2) is 4.39 Å². The normalized spacial score (nSPS) is 34.2. The van der Waals surface area contributed by atoms with Crippen LogP contribution in [0.4, 0.5) is 4.39 Å². The Labute approximate surface area is 178 Å². The van der Waals surface area contributed by atoms with Crippen molar-refractivity contribution in [2.45, 2.75) is 90.3 Å². The van der Waals surface area contributed by atoms with Gasteiger partial charge in [0, 0.05) is 5.92 Å². The smallest absolute Gasteiger partial charge is 0.250 e. The summed E-state index contributed by atoms with van der Waals surface area (Å²) in [5.74, 6) is 2.99. The molecule has 1 aromatic rings. The van der Waals surface area contributed by atoms with Crippen molar-refractivity contribution < 1.29 is 8.82 Å². The summed E-state index contributed by atoms with van der Waals surface area (Å²) in [5.41, 5.74) is 3.09. The first-order chi connectivity index (χ1) is 13.5. The molecule has 0 N–H and O–H groups in total. The molecule has 3 aliphatic carbocycles. The third-order valence-electron chi connectivity index (χ3n) is 9.26. The SMILES string of the molecule is C=C(F)[C@H]1CC[C@H]2[C@@H]3CCc4cccc(O[Si](C)(C)C(C)(C)C)c4[C@H]3CC[C@]12C. The molecular formula is C26H39FOSi. The average molecular weight is 415 g/mol. The molecule has 2 saturated carbocycles. The van der Waals surface area contributed by atoms with E-state index in [1.54, 1.807) is 0 Å². The minimum atomic E-state index is -1.89. The molecule has 0 amide bonds. The topological polar surface area (TPSA) is 9.23 Å². The summed E-state index contributed by atoms with van der Waals surface area (Å²) in [6.07, 6.45) is 6.79. The summed E-state index contributed by atoms with van der Waals surface area (Å²) >= 11 is 0. The van der Waals surface area contributed by atoms with E-state index in [0.717, 1.165) is 37.9 Å². The van der Waals surface area contributed by atoms with Crippen LogP contribution in [0.1, 0.15) is 76.8 Å². The van der Waals surface area contributed by atoms with Gasteiger partial charge in [0.15, 0.2) is 0 Å². The van der Waals surface area contributed by atoms with E-state index in [2.05, 4.69) is 65.6 Å². The van der Waals surface area contributed by atoms with Gasteiger partial charge in [-0.05, 0) is 97.0 Å². The van der Waals surface area contributed by atoms with Gasteiger partial charge < -0.3 is 4.43 Å². The fourth-order valence-electron chi connectivity index (χ4n) is 6.63.